The highest BCUT2D eigenvalue weighted by Gasteiger charge is 2.21. The zero-order chi connectivity index (χ0) is 11.5. The van der Waals surface area contributed by atoms with Crippen LogP contribution < -0.4 is 9.47 Å². The van der Waals surface area contributed by atoms with Gasteiger partial charge in [-0.3, -0.25) is 0 Å². The van der Waals surface area contributed by atoms with Crippen molar-refractivity contribution >= 4 is 15.9 Å². The van der Waals surface area contributed by atoms with Crippen molar-refractivity contribution in [3.05, 3.63) is 21.9 Å². The van der Waals surface area contributed by atoms with Crippen LogP contribution in [0.3, 0.4) is 0 Å². The van der Waals surface area contributed by atoms with Crippen molar-refractivity contribution in [2.24, 2.45) is 0 Å². The first-order valence-electron chi connectivity index (χ1n) is 4.87. The number of benzene rings is 1. The Labute approximate surface area is 101 Å². The third kappa shape index (κ3) is 1.98. The van der Waals surface area contributed by atoms with Gasteiger partial charge in [0.05, 0.1) is 30.2 Å². The minimum Gasteiger partial charge on any atom is -0.490 e. The summed E-state index contributed by atoms with van der Waals surface area (Å²) in [4.78, 5) is 0. The van der Waals surface area contributed by atoms with E-state index < -0.39 is 5.82 Å². The van der Waals surface area contributed by atoms with Crippen molar-refractivity contribution in [3.63, 3.8) is 0 Å². The van der Waals surface area contributed by atoms with Crippen LogP contribution in [-0.4, -0.2) is 13.2 Å². The second-order valence-electron chi connectivity index (χ2n) is 3.36. The van der Waals surface area contributed by atoms with E-state index in [1.807, 2.05) is 6.07 Å². The summed E-state index contributed by atoms with van der Waals surface area (Å²) in [6.45, 7) is 1.02. The van der Waals surface area contributed by atoms with Crippen molar-refractivity contribution in [3.8, 4) is 17.6 Å². The molecule has 16 heavy (non-hydrogen) atoms. The fourth-order valence-corrected chi connectivity index (χ4v) is 2.00. The maximum atomic E-state index is 13.8. The Morgan fingerprint density at radius 2 is 2.19 bits per heavy atom. The Bertz CT molecular complexity index is 456. The average Bonchev–Trinajstić information content (AvgIpc) is 2.50. The lowest BCUT2D eigenvalue weighted by Gasteiger charge is -2.12. The molecule has 1 aliphatic heterocycles. The molecule has 0 bridgehead atoms. The molecule has 3 nitrogen and oxygen atoms in total. The molecule has 84 valence electrons. The van der Waals surface area contributed by atoms with Crippen LogP contribution in [0.1, 0.15) is 12.0 Å². The van der Waals surface area contributed by atoms with Gasteiger partial charge in [0.15, 0.2) is 11.5 Å². The van der Waals surface area contributed by atoms with E-state index in [-0.39, 0.29) is 12.0 Å². The molecule has 0 amide bonds. The quantitative estimate of drug-likeness (QED) is 0.797. The molecule has 0 saturated heterocycles. The molecule has 0 fully saturated rings. The fraction of sp³-hybridized carbons (Fsp3) is 0.364. The van der Waals surface area contributed by atoms with Gasteiger partial charge in [0.25, 0.3) is 0 Å². The average molecular weight is 286 g/mol. The molecule has 0 unspecified atom stereocenters. The number of nitrogens with zero attached hydrogens (tertiary/aromatic N) is 1. The monoisotopic (exact) mass is 285 g/mol. The molecule has 0 aromatic heterocycles. The highest BCUT2D eigenvalue weighted by Crippen LogP contribution is 2.39. The van der Waals surface area contributed by atoms with Gasteiger partial charge in [0.2, 0.25) is 0 Å². The van der Waals surface area contributed by atoms with Crippen LogP contribution in [0.15, 0.2) is 10.5 Å². The first-order valence-corrected chi connectivity index (χ1v) is 5.66. The van der Waals surface area contributed by atoms with Gasteiger partial charge in [-0.2, -0.15) is 5.26 Å². The number of rotatable bonds is 1. The standard InChI is InChI=1S/C11H9BrFNO2/c12-8-6-9-11(16-5-1-4-15-9)7(2-3-14)10(8)13/h6H,1-2,4-5H2. The highest BCUT2D eigenvalue weighted by molar-refractivity contribution is 9.10. The zero-order valence-corrected chi connectivity index (χ0v) is 10.0. The molecule has 0 spiro atoms. The van der Waals surface area contributed by atoms with Crippen molar-refractivity contribution < 1.29 is 13.9 Å². The third-order valence-corrected chi connectivity index (χ3v) is 2.86. The lowest BCUT2D eigenvalue weighted by atomic mass is 10.1. The molecule has 0 radical (unpaired) electrons. The Morgan fingerprint density at radius 1 is 1.44 bits per heavy atom. The van der Waals surface area contributed by atoms with Crippen molar-refractivity contribution in [2.75, 3.05) is 13.2 Å². The van der Waals surface area contributed by atoms with E-state index in [1.165, 1.54) is 6.07 Å². The van der Waals surface area contributed by atoms with Crippen LogP contribution in [-0.2, 0) is 6.42 Å². The predicted molar refractivity (Wildman–Crippen MR) is 59.0 cm³/mol. The van der Waals surface area contributed by atoms with Gasteiger partial charge < -0.3 is 9.47 Å². The van der Waals surface area contributed by atoms with Crippen LogP contribution >= 0.6 is 15.9 Å². The van der Waals surface area contributed by atoms with E-state index >= 15 is 0 Å². The van der Waals surface area contributed by atoms with Crippen LogP contribution in [0.25, 0.3) is 0 Å². The second kappa shape index (κ2) is 4.71. The minimum absolute atomic E-state index is 0.0308. The fourth-order valence-electron chi connectivity index (χ4n) is 1.55. The van der Waals surface area contributed by atoms with Gasteiger partial charge >= 0.3 is 0 Å². The van der Waals surface area contributed by atoms with Gasteiger partial charge in [-0.15, -0.1) is 0 Å². The van der Waals surface area contributed by atoms with Crippen molar-refractivity contribution in [1.29, 1.82) is 5.26 Å². The molecule has 2 rings (SSSR count). The van der Waals surface area contributed by atoms with Gasteiger partial charge in [0, 0.05) is 18.1 Å². The second-order valence-corrected chi connectivity index (χ2v) is 4.22. The zero-order valence-electron chi connectivity index (χ0n) is 8.43. The molecule has 0 atom stereocenters. The number of hydrogen-bond acceptors (Lipinski definition) is 3. The van der Waals surface area contributed by atoms with E-state index in [4.69, 9.17) is 14.7 Å². The maximum Gasteiger partial charge on any atom is 0.168 e. The summed E-state index contributed by atoms with van der Waals surface area (Å²) < 4.78 is 24.9. The molecule has 0 aliphatic carbocycles. The summed E-state index contributed by atoms with van der Waals surface area (Å²) in [6, 6.07) is 3.46. The van der Waals surface area contributed by atoms with E-state index in [1.54, 1.807) is 0 Å². The SMILES string of the molecule is N#CCc1c(F)c(Br)cc2c1OCCCO2. The predicted octanol–water partition coefficient (Wildman–Crippen LogP) is 2.82. The Hall–Kier alpha value is -1.28. The van der Waals surface area contributed by atoms with E-state index in [2.05, 4.69) is 15.9 Å². The lowest BCUT2D eigenvalue weighted by molar-refractivity contribution is 0.296. The topological polar surface area (TPSA) is 42.2 Å². The number of halogens is 2. The van der Waals surface area contributed by atoms with Crippen LogP contribution in [0.4, 0.5) is 4.39 Å². The largest absolute Gasteiger partial charge is 0.490 e. The summed E-state index contributed by atoms with van der Waals surface area (Å²) >= 11 is 3.10. The summed E-state index contributed by atoms with van der Waals surface area (Å²) in [5.74, 6) is 0.404. The van der Waals surface area contributed by atoms with E-state index in [0.29, 0.717) is 29.2 Å². The van der Waals surface area contributed by atoms with Gasteiger partial charge in [-0.1, -0.05) is 0 Å². The van der Waals surface area contributed by atoms with Crippen LogP contribution in [0.5, 0.6) is 11.5 Å². The van der Waals surface area contributed by atoms with Gasteiger partial charge in [-0.25, -0.2) is 4.39 Å². The van der Waals surface area contributed by atoms with Crippen molar-refractivity contribution in [2.45, 2.75) is 12.8 Å². The number of nitriles is 1. The molecular weight excluding hydrogens is 277 g/mol. The highest BCUT2D eigenvalue weighted by atomic mass is 79.9. The smallest absolute Gasteiger partial charge is 0.168 e. The Kier molecular flexibility index (Phi) is 3.30. The number of fused-ring (bicyclic) bond motifs is 1. The molecule has 0 saturated carbocycles. The maximum absolute atomic E-state index is 13.8. The van der Waals surface area contributed by atoms with Gasteiger partial charge in [0.1, 0.15) is 5.82 Å². The van der Waals surface area contributed by atoms with Gasteiger partial charge in [-0.05, 0) is 15.9 Å². The molecule has 0 N–H and O–H groups in total. The number of hydrogen-bond donors (Lipinski definition) is 0. The Morgan fingerprint density at radius 3 is 2.94 bits per heavy atom. The summed E-state index contributed by atoms with van der Waals surface area (Å²) in [7, 11) is 0. The summed E-state index contributed by atoms with van der Waals surface area (Å²) in [6.07, 6.45) is 0.719. The van der Waals surface area contributed by atoms with E-state index in [9.17, 15) is 4.39 Å². The third-order valence-electron chi connectivity index (χ3n) is 2.28. The summed E-state index contributed by atoms with van der Waals surface area (Å²) in [5.41, 5.74) is 0.258. The van der Waals surface area contributed by atoms with Crippen molar-refractivity contribution in [1.82, 2.24) is 0 Å². The molecule has 1 aliphatic rings. The minimum atomic E-state index is -0.453. The number of ether oxygens (including phenoxy) is 2. The lowest BCUT2D eigenvalue weighted by Crippen LogP contribution is -2.00. The first-order chi connectivity index (χ1) is 7.74. The molecule has 1 aromatic carbocycles. The molecular formula is C11H9BrFNO2. The first kappa shape index (κ1) is 11.2. The molecule has 1 heterocycles. The normalized spacial score (nSPS) is 14.1. The van der Waals surface area contributed by atoms with Crippen LogP contribution in [0.2, 0.25) is 0 Å². The van der Waals surface area contributed by atoms with Crippen LogP contribution in [0, 0.1) is 17.1 Å². The summed E-state index contributed by atoms with van der Waals surface area (Å²) in [5, 5.41) is 8.68. The molecule has 1 aromatic rings. The Balaban J connectivity index is 2.56. The molecule has 5 heteroatoms. The van der Waals surface area contributed by atoms with E-state index in [0.717, 1.165) is 6.42 Å².